The van der Waals surface area contributed by atoms with Gasteiger partial charge in [0, 0.05) is 92.8 Å². The number of carbonyl (C=O) groups excluding carboxylic acids is 4. The van der Waals surface area contributed by atoms with E-state index in [0.717, 1.165) is 27.9 Å². The van der Waals surface area contributed by atoms with Crippen molar-refractivity contribution in [3.63, 3.8) is 0 Å². The Bertz CT molecular complexity index is 4830. The number of amides is 2. The second-order valence-corrected chi connectivity index (χ2v) is 23.4. The van der Waals surface area contributed by atoms with Crippen molar-refractivity contribution < 1.29 is 57.6 Å². The van der Waals surface area contributed by atoms with Crippen LogP contribution in [0.1, 0.15) is 76.7 Å². The fourth-order valence-corrected chi connectivity index (χ4v) is 9.43. The Morgan fingerprint density at radius 1 is 0.349 bits per heavy atom. The molecule has 0 saturated carbocycles. The normalized spacial score (nSPS) is 10.1. The van der Waals surface area contributed by atoms with Gasteiger partial charge in [0.05, 0.1) is 20.5 Å². The van der Waals surface area contributed by atoms with E-state index in [0.29, 0.717) is 115 Å². The van der Waals surface area contributed by atoms with E-state index in [1.54, 1.807) is 166 Å². The van der Waals surface area contributed by atoms with Gasteiger partial charge in [0.15, 0.2) is 13.5 Å². The summed E-state index contributed by atoms with van der Waals surface area (Å²) in [7, 11) is 0. The van der Waals surface area contributed by atoms with Gasteiger partial charge in [-0.05, 0) is 255 Å². The van der Waals surface area contributed by atoms with E-state index in [1.807, 2.05) is 69.3 Å². The van der Waals surface area contributed by atoms with E-state index in [4.69, 9.17) is 64.1 Å². The molecule has 0 saturated heterocycles. The number of aryl methyl sites for hydroxylation is 5. The van der Waals surface area contributed by atoms with E-state index in [-0.39, 0.29) is 61.1 Å². The van der Waals surface area contributed by atoms with Gasteiger partial charge < -0.3 is 62.2 Å². The SMILES string of the molecule is C.Cc1ccc(N)cc1NCOc1ccc(Oc2ccc(C(=O)Nc3cc(N)ccc3C)cc2)cc1.Cc1ccc([N+](=O)[O-])cc1N.Cc1ccc([N+](=O)[O-])cc1NCOc1ccc(Oc2ccc(C(=O)Nc3cc([N+](=O)[O-])ccc3C)cc2)cc1.I.O=C(Cl)c1ccc(Oc2ccc(C(=O)Cl)cc2)cc1. The topological polar surface area (TPSA) is 370 Å². The number of nitrogens with two attached hydrogens (primary N) is 3. The first-order valence-electron chi connectivity index (χ1n) is 31.4. The Balaban J connectivity index is 0.000000239. The number of halogens is 3. The zero-order chi connectivity index (χ0) is 75.0. The van der Waals surface area contributed by atoms with E-state index in [2.05, 4.69) is 21.3 Å². The first kappa shape index (κ1) is 82.2. The fourth-order valence-electron chi connectivity index (χ4n) is 9.17. The number of benzene rings is 11. The third-order valence-electron chi connectivity index (χ3n) is 15.1. The molecule has 11 rings (SSSR count). The van der Waals surface area contributed by atoms with Crippen molar-refractivity contribution in [1.29, 1.82) is 0 Å². The summed E-state index contributed by atoms with van der Waals surface area (Å²) in [6, 6.07) is 64.8. The minimum atomic E-state index is -0.517. The van der Waals surface area contributed by atoms with Gasteiger partial charge >= 0.3 is 0 Å². The quantitative estimate of drug-likeness (QED) is 0.00781. The number of non-ortho nitro benzene ring substituents is 3. The summed E-state index contributed by atoms with van der Waals surface area (Å²) < 4.78 is 28.7. The lowest BCUT2D eigenvalue weighted by Crippen LogP contribution is -2.12. The molecule has 28 heteroatoms. The standard InChI is InChI=1S/C28H24N4O7.C28H28N4O3.C14H8Cl2O3.C7H8N2O2.CH4.HI/c1-18-3-7-21(31(34)35)15-26(18)29-17-38-23-11-13-25(14-12-23)39-24-9-5-20(6-10-24)28(33)30-27-16-22(32(36)37)8-4-19(27)2;1-18-3-7-21(29)15-26(18)31-17-34-23-11-13-25(14-12-23)35-24-9-5-20(6-10-24)28(33)32-27-16-22(30)8-4-19(27)2;15-13(17)9-1-5-11(6-2-9)19-12-7-3-10(4-8-12)14(16)18;1-5-2-3-6(9(10)11)4-7(5)8;;/h3-16,29H,17H2,1-2H3,(H,30,33);3-16,31H,17,29-30H2,1-2H3,(H,32,33);1-8H;2-4H,8H2,1H3;1H4;1H. The van der Waals surface area contributed by atoms with Crippen LogP contribution in [-0.2, 0) is 0 Å². The van der Waals surface area contributed by atoms with Crippen LogP contribution in [0.15, 0.2) is 237 Å². The van der Waals surface area contributed by atoms with Crippen LogP contribution in [0.5, 0.6) is 46.0 Å². The van der Waals surface area contributed by atoms with Crippen molar-refractivity contribution in [3.8, 4) is 46.0 Å². The highest BCUT2D eigenvalue weighted by molar-refractivity contribution is 14.0. The van der Waals surface area contributed by atoms with Gasteiger partial charge in [-0.3, -0.25) is 49.5 Å². The molecule has 0 aliphatic heterocycles. The van der Waals surface area contributed by atoms with Crippen molar-refractivity contribution in [1.82, 2.24) is 0 Å². The zero-order valence-electron chi connectivity index (χ0n) is 56.8. The summed E-state index contributed by atoms with van der Waals surface area (Å²) in [6.45, 7) is 9.74. The monoisotopic (exact) mass is 1590 g/mol. The second kappa shape index (κ2) is 39.6. The largest absolute Gasteiger partial charge is 0.473 e. The Kier molecular flexibility index (Phi) is 30.7. The molecule has 25 nitrogen and oxygen atoms in total. The molecular weight excluding hydrogens is 1510 g/mol. The van der Waals surface area contributed by atoms with E-state index in [1.165, 1.54) is 36.4 Å². The number of nitrogens with one attached hydrogen (secondary N) is 4. The first-order valence-corrected chi connectivity index (χ1v) is 32.1. The molecule has 0 bridgehead atoms. The van der Waals surface area contributed by atoms with Crippen LogP contribution in [0.3, 0.4) is 0 Å². The highest BCUT2D eigenvalue weighted by atomic mass is 127. The number of ether oxygens (including phenoxy) is 5. The number of nitro benzene ring substituents is 3. The molecule has 0 fully saturated rings. The predicted octanol–water partition coefficient (Wildman–Crippen LogP) is 19.6. The highest BCUT2D eigenvalue weighted by Crippen LogP contribution is 2.31. The van der Waals surface area contributed by atoms with Crippen LogP contribution in [0, 0.1) is 65.0 Å². The summed E-state index contributed by atoms with van der Waals surface area (Å²) in [5.41, 5.74) is 27.5. The molecule has 0 aliphatic rings. The number of rotatable bonds is 23. The molecule has 2 amide bonds. The lowest BCUT2D eigenvalue weighted by Gasteiger charge is -2.12. The van der Waals surface area contributed by atoms with Gasteiger partial charge in [-0.1, -0.05) is 37.8 Å². The van der Waals surface area contributed by atoms with Crippen LogP contribution < -0.4 is 62.2 Å². The molecule has 0 unspecified atom stereocenters. The van der Waals surface area contributed by atoms with E-state index < -0.39 is 31.2 Å². The highest BCUT2D eigenvalue weighted by Gasteiger charge is 2.16. The Labute approximate surface area is 637 Å². The number of nitrogen functional groups attached to an aromatic ring is 3. The van der Waals surface area contributed by atoms with Crippen LogP contribution in [-0.4, -0.2) is 50.5 Å². The lowest BCUT2D eigenvalue weighted by atomic mass is 10.1. The summed E-state index contributed by atoms with van der Waals surface area (Å²) in [4.78, 5) is 77.8. The number of hydrogen-bond acceptors (Lipinski definition) is 20. The number of carbonyl (C=O) groups is 4. The summed E-state index contributed by atoms with van der Waals surface area (Å²) in [5.74, 6) is 4.12. The average molecular weight is 1590 g/mol. The maximum absolute atomic E-state index is 12.6. The van der Waals surface area contributed by atoms with Gasteiger partial charge in [0.25, 0.3) is 39.4 Å². The smallest absolute Gasteiger partial charge is 0.271 e. The second-order valence-electron chi connectivity index (χ2n) is 22.7. The molecule has 0 aromatic heterocycles. The molecule has 546 valence electrons. The fraction of sp³-hybridized carbons (Fsp3) is 0.103. The molecule has 0 spiro atoms. The van der Waals surface area contributed by atoms with Gasteiger partial charge in [-0.2, -0.15) is 0 Å². The number of anilines is 7. The van der Waals surface area contributed by atoms with Crippen LogP contribution >= 0.6 is 47.2 Å². The van der Waals surface area contributed by atoms with Gasteiger partial charge in [0.2, 0.25) is 0 Å². The molecule has 0 aliphatic carbocycles. The zero-order valence-corrected chi connectivity index (χ0v) is 60.6. The lowest BCUT2D eigenvalue weighted by molar-refractivity contribution is -0.385. The molecule has 10 N–H and O–H groups in total. The van der Waals surface area contributed by atoms with E-state index in [9.17, 15) is 49.5 Å². The molecule has 106 heavy (non-hydrogen) atoms. The maximum Gasteiger partial charge on any atom is 0.271 e. The summed E-state index contributed by atoms with van der Waals surface area (Å²) in [6.07, 6.45) is 0. The Morgan fingerprint density at radius 2 is 0.604 bits per heavy atom. The molecule has 0 radical (unpaired) electrons. The Morgan fingerprint density at radius 3 is 0.934 bits per heavy atom. The molecule has 0 heterocycles. The number of hydrogen-bond donors (Lipinski definition) is 7. The van der Waals surface area contributed by atoms with Gasteiger partial charge in [-0.15, -0.1) is 24.0 Å². The first-order chi connectivity index (χ1) is 49.7. The van der Waals surface area contributed by atoms with Crippen LogP contribution in [0.25, 0.3) is 0 Å². The number of nitrogens with zero attached hydrogens (tertiary/aromatic N) is 3. The summed E-state index contributed by atoms with van der Waals surface area (Å²) >= 11 is 10.7. The van der Waals surface area contributed by atoms with Crippen molar-refractivity contribution in [2.24, 2.45) is 0 Å². The average Bonchev–Trinajstić information content (AvgIpc) is 0.814. The maximum atomic E-state index is 12.6. The van der Waals surface area contributed by atoms with E-state index >= 15 is 0 Å². The third kappa shape index (κ3) is 25.0. The van der Waals surface area contributed by atoms with Crippen molar-refractivity contribution >= 4 is 126 Å². The van der Waals surface area contributed by atoms with Crippen molar-refractivity contribution in [2.45, 2.75) is 42.0 Å². The molecular formula is C78H73Cl2IN10O15. The van der Waals surface area contributed by atoms with Crippen molar-refractivity contribution in [3.05, 3.63) is 317 Å². The number of nitro groups is 3. The predicted molar refractivity (Wildman–Crippen MR) is 425 cm³/mol. The van der Waals surface area contributed by atoms with Gasteiger partial charge in [-0.25, -0.2) is 0 Å². The summed E-state index contributed by atoms with van der Waals surface area (Å²) in [5, 5.41) is 43.0. The third-order valence-corrected chi connectivity index (χ3v) is 15.5. The molecule has 11 aromatic rings. The van der Waals surface area contributed by atoms with Gasteiger partial charge in [0.1, 0.15) is 46.0 Å². The van der Waals surface area contributed by atoms with Crippen molar-refractivity contribution in [2.75, 3.05) is 51.9 Å². The molecule has 0 atom stereocenters. The Hall–Kier alpha value is -12.8. The minimum absolute atomic E-state index is 0. The van der Waals surface area contributed by atoms with Crippen LogP contribution in [0.4, 0.5) is 56.9 Å². The minimum Gasteiger partial charge on any atom is -0.473 e. The van der Waals surface area contributed by atoms with Crippen LogP contribution in [0.2, 0.25) is 0 Å². The molecule has 11 aromatic carbocycles.